The van der Waals surface area contributed by atoms with Gasteiger partial charge in [-0.05, 0) is 29.8 Å². The van der Waals surface area contributed by atoms with E-state index in [-0.39, 0.29) is 0 Å². The van der Waals surface area contributed by atoms with Crippen LogP contribution >= 0.6 is 0 Å². The maximum atomic E-state index is 5.84. The van der Waals surface area contributed by atoms with E-state index in [1.54, 1.807) is 6.20 Å². The number of nitrogens with two attached hydrogens (primary N) is 1. The largest absolute Gasteiger partial charge is 0.489 e. The molecule has 0 spiro atoms. The van der Waals surface area contributed by atoms with Crippen molar-refractivity contribution in [1.82, 2.24) is 14.4 Å². The van der Waals surface area contributed by atoms with Crippen LogP contribution < -0.4 is 10.5 Å². The molecule has 0 bridgehead atoms. The molecular formula is C20H18N4O. The Morgan fingerprint density at radius 2 is 1.76 bits per heavy atom. The summed E-state index contributed by atoms with van der Waals surface area (Å²) in [4.78, 5) is 8.72. The zero-order chi connectivity index (χ0) is 17.1. The van der Waals surface area contributed by atoms with Crippen LogP contribution in [0, 0.1) is 0 Å². The fourth-order valence-electron chi connectivity index (χ4n) is 2.79. The molecule has 4 rings (SSSR count). The first kappa shape index (κ1) is 15.4. The van der Waals surface area contributed by atoms with Gasteiger partial charge in [0.1, 0.15) is 12.4 Å². The van der Waals surface area contributed by atoms with Gasteiger partial charge in [-0.3, -0.25) is 9.38 Å². The van der Waals surface area contributed by atoms with Crippen molar-refractivity contribution in [2.45, 2.75) is 13.2 Å². The average molecular weight is 330 g/mol. The van der Waals surface area contributed by atoms with Gasteiger partial charge in [0.25, 0.3) is 0 Å². The molecule has 0 aliphatic rings. The molecule has 0 atom stereocenters. The van der Waals surface area contributed by atoms with Crippen molar-refractivity contribution in [2.75, 3.05) is 0 Å². The lowest BCUT2D eigenvalue weighted by atomic mass is 10.1. The summed E-state index contributed by atoms with van der Waals surface area (Å²) >= 11 is 0. The molecule has 0 saturated heterocycles. The SMILES string of the molecule is NCc1nccn2c(-c3ccc(OCc4ccccc4)cc3)cnc12. The molecule has 0 unspecified atom stereocenters. The molecule has 25 heavy (non-hydrogen) atoms. The Labute approximate surface area is 145 Å². The van der Waals surface area contributed by atoms with Crippen molar-refractivity contribution in [3.8, 4) is 17.0 Å². The van der Waals surface area contributed by atoms with Crippen LogP contribution in [0.25, 0.3) is 16.9 Å². The summed E-state index contributed by atoms with van der Waals surface area (Å²) < 4.78 is 7.85. The molecule has 5 nitrogen and oxygen atoms in total. The highest BCUT2D eigenvalue weighted by atomic mass is 16.5. The monoisotopic (exact) mass is 330 g/mol. The van der Waals surface area contributed by atoms with Crippen molar-refractivity contribution < 1.29 is 4.74 Å². The number of aromatic nitrogens is 3. The van der Waals surface area contributed by atoms with Gasteiger partial charge in [0, 0.05) is 24.5 Å². The Kier molecular flexibility index (Phi) is 4.14. The van der Waals surface area contributed by atoms with E-state index in [4.69, 9.17) is 10.5 Å². The molecule has 0 amide bonds. The minimum absolute atomic E-state index is 0.368. The summed E-state index contributed by atoms with van der Waals surface area (Å²) in [5.41, 5.74) is 10.5. The summed E-state index contributed by atoms with van der Waals surface area (Å²) in [7, 11) is 0. The Bertz CT molecular complexity index is 978. The zero-order valence-electron chi connectivity index (χ0n) is 13.7. The second-order valence-corrected chi connectivity index (χ2v) is 5.71. The Morgan fingerprint density at radius 3 is 2.52 bits per heavy atom. The van der Waals surface area contributed by atoms with Crippen molar-refractivity contribution in [3.05, 3.63) is 84.4 Å². The van der Waals surface area contributed by atoms with Crippen molar-refractivity contribution in [1.29, 1.82) is 0 Å². The molecule has 2 aromatic carbocycles. The minimum atomic E-state index is 0.368. The molecule has 2 heterocycles. The number of fused-ring (bicyclic) bond motifs is 1. The minimum Gasteiger partial charge on any atom is -0.489 e. The summed E-state index contributed by atoms with van der Waals surface area (Å²) in [6.07, 6.45) is 5.49. The van der Waals surface area contributed by atoms with E-state index in [1.165, 1.54) is 0 Å². The maximum Gasteiger partial charge on any atom is 0.160 e. The number of benzene rings is 2. The summed E-state index contributed by atoms with van der Waals surface area (Å²) in [5.74, 6) is 0.839. The van der Waals surface area contributed by atoms with Gasteiger partial charge < -0.3 is 10.5 Å². The van der Waals surface area contributed by atoms with Gasteiger partial charge in [0.2, 0.25) is 0 Å². The van der Waals surface area contributed by atoms with Crippen LogP contribution in [-0.2, 0) is 13.2 Å². The number of imidazole rings is 1. The fraction of sp³-hybridized carbons (Fsp3) is 0.100. The van der Waals surface area contributed by atoms with E-state index in [9.17, 15) is 0 Å². The molecular weight excluding hydrogens is 312 g/mol. The number of hydrogen-bond donors (Lipinski definition) is 1. The lowest BCUT2D eigenvalue weighted by Crippen LogP contribution is -2.03. The van der Waals surface area contributed by atoms with Gasteiger partial charge in [-0.1, -0.05) is 30.3 Å². The van der Waals surface area contributed by atoms with E-state index < -0.39 is 0 Å². The highest BCUT2D eigenvalue weighted by Crippen LogP contribution is 2.24. The standard InChI is InChI=1S/C20H18N4O/c21-12-18-20-23-13-19(24(20)11-10-22-18)16-6-8-17(9-7-16)25-14-15-4-2-1-3-5-15/h1-11,13H,12,14,21H2. The van der Waals surface area contributed by atoms with Crippen LogP contribution in [0.2, 0.25) is 0 Å². The lowest BCUT2D eigenvalue weighted by molar-refractivity contribution is 0.306. The molecule has 5 heteroatoms. The Morgan fingerprint density at radius 1 is 0.960 bits per heavy atom. The molecule has 0 aliphatic carbocycles. The smallest absolute Gasteiger partial charge is 0.160 e. The van der Waals surface area contributed by atoms with Crippen molar-refractivity contribution in [2.24, 2.45) is 5.73 Å². The van der Waals surface area contributed by atoms with Crippen LogP contribution in [0.15, 0.2) is 73.2 Å². The van der Waals surface area contributed by atoms with Crippen LogP contribution in [0.3, 0.4) is 0 Å². The fourth-order valence-corrected chi connectivity index (χ4v) is 2.79. The second kappa shape index (κ2) is 6.75. The molecule has 0 aliphatic heterocycles. The van der Waals surface area contributed by atoms with Crippen LogP contribution in [-0.4, -0.2) is 14.4 Å². The number of nitrogens with zero attached hydrogens (tertiary/aromatic N) is 3. The first-order chi connectivity index (χ1) is 12.3. The third-order valence-electron chi connectivity index (χ3n) is 4.09. The summed E-state index contributed by atoms with van der Waals surface area (Å²) in [6, 6.07) is 18.1. The van der Waals surface area contributed by atoms with E-state index in [2.05, 4.69) is 22.1 Å². The normalized spacial score (nSPS) is 10.9. The molecule has 4 aromatic rings. The number of hydrogen-bond acceptors (Lipinski definition) is 4. The van der Waals surface area contributed by atoms with Gasteiger partial charge in [0.05, 0.1) is 17.6 Å². The quantitative estimate of drug-likeness (QED) is 0.609. The highest BCUT2D eigenvalue weighted by Gasteiger charge is 2.09. The summed E-state index contributed by atoms with van der Waals surface area (Å²) in [6.45, 7) is 0.925. The van der Waals surface area contributed by atoms with Gasteiger partial charge >= 0.3 is 0 Å². The maximum absolute atomic E-state index is 5.84. The number of ether oxygens (including phenoxy) is 1. The predicted molar refractivity (Wildman–Crippen MR) is 97.1 cm³/mol. The third kappa shape index (κ3) is 3.09. The first-order valence-corrected chi connectivity index (χ1v) is 8.13. The van der Waals surface area contributed by atoms with E-state index in [0.717, 1.165) is 33.9 Å². The van der Waals surface area contributed by atoms with E-state index in [1.807, 2.05) is 59.3 Å². The molecule has 2 N–H and O–H groups in total. The molecule has 2 aromatic heterocycles. The third-order valence-corrected chi connectivity index (χ3v) is 4.09. The average Bonchev–Trinajstić information content (AvgIpc) is 3.12. The highest BCUT2D eigenvalue weighted by molar-refractivity contribution is 5.65. The van der Waals surface area contributed by atoms with Crippen LogP contribution in [0.5, 0.6) is 5.75 Å². The topological polar surface area (TPSA) is 65.4 Å². The predicted octanol–water partition coefficient (Wildman–Crippen LogP) is 3.43. The summed E-state index contributed by atoms with van der Waals surface area (Å²) in [5, 5.41) is 0. The number of rotatable bonds is 5. The van der Waals surface area contributed by atoms with Crippen molar-refractivity contribution >= 4 is 5.65 Å². The Hall–Kier alpha value is -3.18. The Balaban J connectivity index is 1.56. The van der Waals surface area contributed by atoms with Gasteiger partial charge in [-0.15, -0.1) is 0 Å². The molecule has 0 radical (unpaired) electrons. The first-order valence-electron chi connectivity index (χ1n) is 8.13. The molecule has 0 saturated carbocycles. The van der Waals surface area contributed by atoms with Crippen LogP contribution in [0.1, 0.15) is 11.3 Å². The van der Waals surface area contributed by atoms with E-state index >= 15 is 0 Å². The van der Waals surface area contributed by atoms with Gasteiger partial charge in [0.15, 0.2) is 5.65 Å². The van der Waals surface area contributed by atoms with Crippen molar-refractivity contribution in [3.63, 3.8) is 0 Å². The zero-order valence-corrected chi connectivity index (χ0v) is 13.7. The van der Waals surface area contributed by atoms with Gasteiger partial charge in [-0.2, -0.15) is 0 Å². The molecule has 0 fully saturated rings. The lowest BCUT2D eigenvalue weighted by Gasteiger charge is -2.08. The van der Waals surface area contributed by atoms with Gasteiger partial charge in [-0.25, -0.2) is 4.98 Å². The molecule has 124 valence electrons. The van der Waals surface area contributed by atoms with Crippen LogP contribution in [0.4, 0.5) is 0 Å². The second-order valence-electron chi connectivity index (χ2n) is 5.71. The van der Waals surface area contributed by atoms with E-state index in [0.29, 0.717) is 13.2 Å².